The molecule has 1 aliphatic heterocycles. The van der Waals surface area contributed by atoms with Gasteiger partial charge < -0.3 is 24.8 Å². The number of nitrogens with zero attached hydrogens (tertiary/aromatic N) is 1. The molecule has 2 aromatic carbocycles. The molecule has 0 saturated heterocycles. The number of carbonyl (C=O) groups excluding carboxylic acids is 1. The Kier molecular flexibility index (Phi) is 7.99. The van der Waals surface area contributed by atoms with Crippen molar-refractivity contribution in [1.29, 1.82) is 0 Å². The number of methoxy groups -OCH3 is 1. The number of fused-ring (bicyclic) bond motifs is 1. The second-order valence-corrected chi connectivity index (χ2v) is 9.07. The Balaban J connectivity index is 1.69. The fourth-order valence-electron chi connectivity index (χ4n) is 4.43. The first-order valence-electron chi connectivity index (χ1n) is 11.5. The molecule has 0 bridgehead atoms. The van der Waals surface area contributed by atoms with Crippen LogP contribution in [0.25, 0.3) is 0 Å². The molecule has 37 heavy (non-hydrogen) atoms. The summed E-state index contributed by atoms with van der Waals surface area (Å²) in [5, 5.41) is 12.8. The molecule has 1 aliphatic carbocycles. The number of halogens is 5. The van der Waals surface area contributed by atoms with E-state index in [4.69, 9.17) is 26.2 Å². The van der Waals surface area contributed by atoms with E-state index in [1.54, 1.807) is 36.4 Å². The van der Waals surface area contributed by atoms with Crippen LogP contribution in [0.15, 0.2) is 53.6 Å². The van der Waals surface area contributed by atoms with Gasteiger partial charge in [0.1, 0.15) is 30.0 Å². The quantitative estimate of drug-likeness (QED) is 0.445. The first kappa shape index (κ1) is 26.8. The third kappa shape index (κ3) is 6.02. The molecule has 11 heteroatoms. The summed E-state index contributed by atoms with van der Waals surface area (Å²) >= 11 is 6.07. The highest BCUT2D eigenvalue weighted by atomic mass is 35.5. The van der Waals surface area contributed by atoms with Crippen LogP contribution in [0.1, 0.15) is 17.5 Å². The summed E-state index contributed by atoms with van der Waals surface area (Å²) in [5.41, 5.74) is -0.576. The van der Waals surface area contributed by atoms with E-state index in [0.29, 0.717) is 40.3 Å². The normalized spacial score (nSPS) is 17.8. The zero-order valence-electron chi connectivity index (χ0n) is 19.8. The summed E-state index contributed by atoms with van der Waals surface area (Å²) in [6.07, 6.45) is 0.928. The predicted molar refractivity (Wildman–Crippen MR) is 132 cm³/mol. The van der Waals surface area contributed by atoms with E-state index in [1.807, 2.05) is 0 Å². The lowest BCUT2D eigenvalue weighted by molar-refractivity contribution is -0.140. The number of amides is 1. The van der Waals surface area contributed by atoms with Crippen molar-refractivity contribution in [2.24, 2.45) is 5.92 Å². The predicted octanol–water partition coefficient (Wildman–Crippen LogP) is 5.29. The van der Waals surface area contributed by atoms with Gasteiger partial charge in [0.25, 0.3) is 0 Å². The van der Waals surface area contributed by atoms with Crippen molar-refractivity contribution in [2.45, 2.75) is 25.1 Å². The van der Waals surface area contributed by atoms with Crippen molar-refractivity contribution in [3.63, 3.8) is 0 Å². The molecule has 0 saturated carbocycles. The number of allylic oxidation sites excluding steroid dienone is 3. The SMILES string of the molecule is COc1cc(NC(C(=O)N2CCc3cc(F)c(C(F)(F)F)cc32)C2C=CC(Cl)=CC2)cc(OCCO)c1. The molecule has 198 valence electrons. The van der Waals surface area contributed by atoms with E-state index in [0.717, 1.165) is 6.07 Å². The zero-order valence-corrected chi connectivity index (χ0v) is 20.6. The van der Waals surface area contributed by atoms with E-state index >= 15 is 0 Å². The highest BCUT2D eigenvalue weighted by Crippen LogP contribution is 2.39. The number of rotatable bonds is 8. The average molecular weight is 541 g/mol. The number of ether oxygens (including phenoxy) is 2. The molecule has 2 atom stereocenters. The number of alkyl halides is 3. The van der Waals surface area contributed by atoms with Gasteiger partial charge >= 0.3 is 6.18 Å². The molecule has 1 amide bonds. The van der Waals surface area contributed by atoms with E-state index < -0.39 is 29.5 Å². The van der Waals surface area contributed by atoms with Gasteiger partial charge in [-0.15, -0.1) is 0 Å². The molecule has 2 N–H and O–H groups in total. The summed E-state index contributed by atoms with van der Waals surface area (Å²) < 4.78 is 65.1. The van der Waals surface area contributed by atoms with E-state index in [2.05, 4.69) is 5.32 Å². The number of hydrogen-bond acceptors (Lipinski definition) is 5. The number of aliphatic hydroxyl groups excluding tert-OH is 1. The molecule has 4 rings (SSSR count). The van der Waals surface area contributed by atoms with Gasteiger partial charge in [0.15, 0.2) is 0 Å². The van der Waals surface area contributed by atoms with Crippen molar-refractivity contribution in [2.75, 3.05) is 37.1 Å². The highest BCUT2D eigenvalue weighted by molar-refractivity contribution is 6.31. The lowest BCUT2D eigenvalue weighted by atomic mass is 9.91. The maximum Gasteiger partial charge on any atom is 0.419 e. The maximum atomic E-state index is 14.1. The smallest absolute Gasteiger partial charge is 0.419 e. The minimum absolute atomic E-state index is 0.0384. The Morgan fingerprint density at radius 3 is 2.65 bits per heavy atom. The lowest BCUT2D eigenvalue weighted by Crippen LogP contribution is -2.46. The van der Waals surface area contributed by atoms with Crippen LogP contribution >= 0.6 is 11.6 Å². The Labute approximate surface area is 216 Å². The van der Waals surface area contributed by atoms with Crippen LogP contribution in [-0.4, -0.2) is 43.9 Å². The van der Waals surface area contributed by atoms with Gasteiger partial charge in [-0.1, -0.05) is 23.8 Å². The summed E-state index contributed by atoms with van der Waals surface area (Å²) in [6, 6.07) is 5.54. The summed E-state index contributed by atoms with van der Waals surface area (Å²) in [6.45, 7) is -0.0364. The topological polar surface area (TPSA) is 71.0 Å². The largest absolute Gasteiger partial charge is 0.497 e. The van der Waals surface area contributed by atoms with Gasteiger partial charge in [-0.3, -0.25) is 4.79 Å². The average Bonchev–Trinajstić information content (AvgIpc) is 3.27. The Hall–Kier alpha value is -3.24. The molecule has 2 aromatic rings. The summed E-state index contributed by atoms with van der Waals surface area (Å²) in [4.78, 5) is 15.1. The molecule has 1 heterocycles. The molecular formula is C26H25ClF4N2O4. The number of hydrogen-bond donors (Lipinski definition) is 2. The lowest BCUT2D eigenvalue weighted by Gasteiger charge is -2.31. The number of carbonyl (C=O) groups is 1. The number of nitrogens with one attached hydrogen (secondary N) is 1. The fourth-order valence-corrected chi connectivity index (χ4v) is 4.59. The molecule has 6 nitrogen and oxygen atoms in total. The van der Waals surface area contributed by atoms with Gasteiger partial charge in [-0.25, -0.2) is 4.39 Å². The summed E-state index contributed by atoms with van der Waals surface area (Å²) in [5.74, 6) is -1.39. The van der Waals surface area contributed by atoms with Gasteiger partial charge in [0.05, 0.1) is 19.3 Å². The fraction of sp³-hybridized carbons (Fsp3) is 0.346. The van der Waals surface area contributed by atoms with Gasteiger partial charge in [-0.05, 0) is 36.6 Å². The van der Waals surface area contributed by atoms with Crippen LogP contribution in [0, 0.1) is 11.7 Å². The Morgan fingerprint density at radius 2 is 2.00 bits per heavy atom. The minimum Gasteiger partial charge on any atom is -0.497 e. The molecule has 0 spiro atoms. The van der Waals surface area contributed by atoms with Crippen LogP contribution in [0.3, 0.4) is 0 Å². The molecule has 0 aromatic heterocycles. The number of benzene rings is 2. The van der Waals surface area contributed by atoms with E-state index in [9.17, 15) is 22.4 Å². The minimum atomic E-state index is -4.90. The van der Waals surface area contributed by atoms with Crippen LogP contribution in [0.2, 0.25) is 0 Å². The first-order valence-corrected chi connectivity index (χ1v) is 11.9. The second-order valence-electron chi connectivity index (χ2n) is 8.64. The first-order chi connectivity index (χ1) is 17.6. The van der Waals surface area contributed by atoms with Crippen LogP contribution in [-0.2, 0) is 17.4 Å². The van der Waals surface area contributed by atoms with Gasteiger partial charge in [0.2, 0.25) is 5.91 Å². The van der Waals surface area contributed by atoms with Gasteiger partial charge in [-0.2, -0.15) is 13.2 Å². The Bertz CT molecular complexity index is 1230. The maximum absolute atomic E-state index is 14.1. The number of aliphatic hydroxyl groups is 1. The standard InChI is InChI=1S/C26H25ClF4N2O4/c1-36-19-11-18(12-20(13-19)37-9-8-34)32-24(15-2-4-17(27)5-3-15)25(35)33-7-6-16-10-22(28)21(14-23(16)33)26(29,30)31/h2,4-5,10-15,24,32,34H,3,6-9H2,1H3. The van der Waals surface area contributed by atoms with Crippen molar-refractivity contribution in [3.8, 4) is 11.5 Å². The molecule has 2 aliphatic rings. The Morgan fingerprint density at radius 1 is 1.24 bits per heavy atom. The van der Waals surface area contributed by atoms with E-state index in [-0.39, 0.29) is 37.8 Å². The van der Waals surface area contributed by atoms with Crippen molar-refractivity contribution < 1.29 is 36.9 Å². The molecular weight excluding hydrogens is 516 g/mol. The second kappa shape index (κ2) is 11.0. The zero-order chi connectivity index (χ0) is 26.7. The summed E-state index contributed by atoms with van der Waals surface area (Å²) in [7, 11) is 1.47. The van der Waals surface area contributed by atoms with Crippen molar-refractivity contribution in [1.82, 2.24) is 0 Å². The molecule has 0 radical (unpaired) electrons. The third-order valence-electron chi connectivity index (χ3n) is 6.22. The van der Waals surface area contributed by atoms with Gasteiger partial charge in [0, 0.05) is 47.1 Å². The monoisotopic (exact) mass is 540 g/mol. The highest BCUT2D eigenvalue weighted by Gasteiger charge is 2.39. The van der Waals surface area contributed by atoms with Crippen molar-refractivity contribution in [3.05, 3.63) is 70.5 Å². The van der Waals surface area contributed by atoms with Crippen LogP contribution in [0.5, 0.6) is 11.5 Å². The number of anilines is 2. The van der Waals surface area contributed by atoms with E-state index in [1.165, 1.54) is 12.0 Å². The van der Waals surface area contributed by atoms with Crippen LogP contribution in [0.4, 0.5) is 28.9 Å². The third-order valence-corrected chi connectivity index (χ3v) is 6.50. The van der Waals surface area contributed by atoms with Crippen LogP contribution < -0.4 is 19.7 Å². The van der Waals surface area contributed by atoms with Crippen molar-refractivity contribution >= 4 is 28.9 Å². The molecule has 0 fully saturated rings. The molecule has 2 unspecified atom stereocenters.